The molecule has 4 nitrogen and oxygen atoms in total. The molecule has 0 radical (unpaired) electrons. The van der Waals surface area contributed by atoms with Crippen molar-refractivity contribution in [3.05, 3.63) is 29.8 Å². The van der Waals surface area contributed by atoms with Crippen LogP contribution in [0, 0.1) is 0 Å². The Morgan fingerprint density at radius 1 is 1.50 bits per heavy atom. The normalized spacial score (nSPS) is 19.1. The van der Waals surface area contributed by atoms with Crippen molar-refractivity contribution in [3.8, 4) is 11.5 Å². The summed E-state index contributed by atoms with van der Waals surface area (Å²) in [6, 6.07) is 4.66. The van der Waals surface area contributed by atoms with E-state index in [9.17, 15) is 4.79 Å². The zero-order valence-corrected chi connectivity index (χ0v) is 7.06. The van der Waals surface area contributed by atoms with Gasteiger partial charge in [0.05, 0.1) is 0 Å². The van der Waals surface area contributed by atoms with Crippen molar-refractivity contribution in [3.63, 3.8) is 0 Å². The van der Waals surface area contributed by atoms with E-state index in [-0.39, 0.29) is 5.75 Å². The molecule has 0 spiro atoms. The molecule has 0 saturated heterocycles. The lowest BCUT2D eigenvalue weighted by atomic mass is 10.2. The molecule has 0 saturated carbocycles. The third-order valence-electron chi connectivity index (χ3n) is 1.69. The van der Waals surface area contributed by atoms with Crippen molar-refractivity contribution in [1.82, 2.24) is 0 Å². The number of rotatable bonds is 2. The topological polar surface area (TPSA) is 55.8 Å². The summed E-state index contributed by atoms with van der Waals surface area (Å²) >= 11 is 0. The van der Waals surface area contributed by atoms with Gasteiger partial charge in [-0.05, 0) is 23.8 Å². The summed E-state index contributed by atoms with van der Waals surface area (Å²) in [5.74, 6) is -0.483. The number of hydrogen-bond donors (Lipinski definition) is 1. The van der Waals surface area contributed by atoms with Crippen molar-refractivity contribution in [2.45, 2.75) is 0 Å². The Morgan fingerprint density at radius 3 is 3.07 bits per heavy atom. The second kappa shape index (κ2) is 3.41. The van der Waals surface area contributed by atoms with Gasteiger partial charge in [-0.15, -0.1) is 0 Å². The molecule has 1 aliphatic rings. The largest absolute Gasteiger partial charge is 0.478 e. The third-order valence-corrected chi connectivity index (χ3v) is 1.69. The summed E-state index contributed by atoms with van der Waals surface area (Å²) in [4.78, 5) is 10.3. The fourth-order valence-corrected chi connectivity index (χ4v) is 1.07. The van der Waals surface area contributed by atoms with E-state index in [2.05, 4.69) is 0 Å². The first-order valence-electron chi connectivity index (χ1n) is 4.89. The van der Waals surface area contributed by atoms with Crippen molar-refractivity contribution >= 4 is 12.0 Å². The van der Waals surface area contributed by atoms with Crippen LogP contribution in [0.15, 0.2) is 24.3 Å². The van der Waals surface area contributed by atoms with Crippen LogP contribution in [-0.2, 0) is 4.79 Å². The molecule has 0 bridgehead atoms. The number of carboxylic acid groups (broad SMARTS) is 1. The molecule has 1 aliphatic heterocycles. The first-order chi connectivity index (χ1) is 7.46. The Bertz CT molecular complexity index is 468. The maximum atomic E-state index is 10.3. The Balaban J connectivity index is 2.26. The van der Waals surface area contributed by atoms with Crippen LogP contribution in [0.2, 0.25) is 0 Å². The smallest absolute Gasteiger partial charge is 0.328 e. The lowest BCUT2D eigenvalue weighted by molar-refractivity contribution is -0.131. The van der Waals surface area contributed by atoms with Gasteiger partial charge in [0.1, 0.15) is 2.74 Å². The molecule has 0 aliphatic carbocycles. The molecule has 1 heterocycles. The van der Waals surface area contributed by atoms with Crippen molar-refractivity contribution in [2.75, 3.05) is 6.75 Å². The van der Waals surface area contributed by atoms with Crippen molar-refractivity contribution < 1.29 is 22.1 Å². The van der Waals surface area contributed by atoms with Crippen LogP contribution in [0.4, 0.5) is 0 Å². The molecule has 14 heavy (non-hydrogen) atoms. The molecule has 0 unspecified atom stereocenters. The average molecular weight is 194 g/mol. The highest BCUT2D eigenvalue weighted by Crippen LogP contribution is 2.32. The SMILES string of the molecule is [2H]C1([2H])Oc2ccc(/C=C/C(=O)O)cc2O1. The first-order valence-corrected chi connectivity index (χ1v) is 3.89. The second-order valence-corrected chi connectivity index (χ2v) is 2.67. The summed E-state index contributed by atoms with van der Waals surface area (Å²) in [6.45, 7) is -2.16. The molecule has 0 fully saturated rings. The maximum Gasteiger partial charge on any atom is 0.328 e. The molecule has 0 aromatic heterocycles. The van der Waals surface area contributed by atoms with Crippen LogP contribution in [0.3, 0.4) is 0 Å². The average Bonchev–Trinajstić information content (AvgIpc) is 2.47. The lowest BCUT2D eigenvalue weighted by Gasteiger charge is -1.96. The number of hydrogen-bond acceptors (Lipinski definition) is 3. The number of ether oxygens (including phenoxy) is 2. The van der Waals surface area contributed by atoms with Crippen LogP contribution < -0.4 is 9.47 Å². The number of fused-ring (bicyclic) bond motifs is 1. The third kappa shape index (κ3) is 1.69. The van der Waals surface area contributed by atoms with E-state index in [1.54, 1.807) is 6.07 Å². The number of aliphatic carboxylic acids is 1. The highest BCUT2D eigenvalue weighted by atomic mass is 16.7. The number of benzene rings is 1. The van der Waals surface area contributed by atoms with Crippen LogP contribution in [-0.4, -0.2) is 17.8 Å². The van der Waals surface area contributed by atoms with Crippen molar-refractivity contribution in [1.29, 1.82) is 0 Å². The van der Waals surface area contributed by atoms with Crippen molar-refractivity contribution in [2.24, 2.45) is 0 Å². The maximum absolute atomic E-state index is 10.3. The molecule has 0 amide bonds. The van der Waals surface area contributed by atoms with E-state index in [0.29, 0.717) is 11.3 Å². The monoisotopic (exact) mass is 194 g/mol. The van der Waals surface area contributed by atoms with Crippen LogP contribution in [0.5, 0.6) is 11.5 Å². The Labute approximate surface area is 83.2 Å². The van der Waals surface area contributed by atoms with Crippen LogP contribution in [0.25, 0.3) is 6.08 Å². The molecule has 1 aromatic carbocycles. The van der Waals surface area contributed by atoms with E-state index >= 15 is 0 Å². The molecule has 0 atom stereocenters. The standard InChI is InChI=1S/C10H8O4/c11-10(12)4-2-7-1-3-8-9(5-7)14-6-13-8/h1-5H,6H2,(H,11,12)/b4-2+/i6D2. The zero-order valence-electron chi connectivity index (χ0n) is 9.06. The lowest BCUT2D eigenvalue weighted by Crippen LogP contribution is -1.92. The van der Waals surface area contributed by atoms with Gasteiger partial charge in [-0.3, -0.25) is 0 Å². The van der Waals surface area contributed by atoms with E-state index in [0.717, 1.165) is 6.08 Å². The predicted octanol–water partition coefficient (Wildman–Crippen LogP) is 1.51. The summed E-state index contributed by atoms with van der Waals surface area (Å²) < 4.78 is 24.2. The second-order valence-electron chi connectivity index (χ2n) is 2.67. The Morgan fingerprint density at radius 2 is 2.29 bits per heavy atom. The molecule has 72 valence electrons. The summed E-state index contributed by atoms with van der Waals surface area (Å²) in [5, 5.41) is 8.45. The summed E-state index contributed by atoms with van der Waals surface area (Å²) in [5.41, 5.74) is 0.599. The predicted molar refractivity (Wildman–Crippen MR) is 49.2 cm³/mol. The van der Waals surface area contributed by atoms with Gasteiger partial charge in [0, 0.05) is 6.08 Å². The quantitative estimate of drug-likeness (QED) is 0.725. The van der Waals surface area contributed by atoms with Gasteiger partial charge in [0.25, 0.3) is 0 Å². The number of carboxylic acids is 1. The Hall–Kier alpha value is -1.97. The van der Waals surface area contributed by atoms with Crippen LogP contribution >= 0.6 is 0 Å². The fraction of sp³-hybridized carbons (Fsp3) is 0.100. The molecule has 2 rings (SSSR count). The highest BCUT2D eigenvalue weighted by molar-refractivity contribution is 5.85. The summed E-state index contributed by atoms with van der Waals surface area (Å²) in [7, 11) is 0. The molecule has 1 N–H and O–H groups in total. The van der Waals surface area contributed by atoms with Crippen LogP contribution in [0.1, 0.15) is 8.30 Å². The van der Waals surface area contributed by atoms with Gasteiger partial charge >= 0.3 is 5.97 Å². The van der Waals surface area contributed by atoms with Gasteiger partial charge in [0.15, 0.2) is 11.5 Å². The minimum Gasteiger partial charge on any atom is -0.478 e. The number of carbonyl (C=O) groups is 1. The first kappa shape index (κ1) is 6.48. The fourth-order valence-electron chi connectivity index (χ4n) is 1.07. The van der Waals surface area contributed by atoms with Gasteiger partial charge in [-0.2, -0.15) is 0 Å². The highest BCUT2D eigenvalue weighted by Gasteiger charge is 2.12. The van der Waals surface area contributed by atoms with Gasteiger partial charge in [0.2, 0.25) is 6.75 Å². The molecule has 4 heteroatoms. The van der Waals surface area contributed by atoms with E-state index in [4.69, 9.17) is 17.3 Å². The molecule has 1 aromatic rings. The van der Waals surface area contributed by atoms with E-state index < -0.39 is 12.7 Å². The van der Waals surface area contributed by atoms with E-state index in [1.807, 2.05) is 0 Å². The Kier molecular flexibility index (Phi) is 1.58. The van der Waals surface area contributed by atoms with Gasteiger partial charge in [-0.25, -0.2) is 4.79 Å². The van der Waals surface area contributed by atoms with E-state index in [1.165, 1.54) is 18.2 Å². The minimum atomic E-state index is -2.16. The summed E-state index contributed by atoms with van der Waals surface area (Å²) in [6.07, 6.45) is 2.38. The minimum absolute atomic E-state index is 0.262. The van der Waals surface area contributed by atoms with Gasteiger partial charge in [-0.1, -0.05) is 6.07 Å². The van der Waals surface area contributed by atoms with Gasteiger partial charge < -0.3 is 14.6 Å². The molecular formula is C10H8O4. The zero-order chi connectivity index (χ0) is 11.8. The molecular weight excluding hydrogens is 184 g/mol.